The number of rotatable bonds is 5. The summed E-state index contributed by atoms with van der Waals surface area (Å²) < 4.78 is 11.7. The topological polar surface area (TPSA) is 64.7 Å². The Kier molecular flexibility index (Phi) is 4.76. The van der Waals surface area contributed by atoms with Gasteiger partial charge in [-0.3, -0.25) is 0 Å². The van der Waals surface area contributed by atoms with E-state index in [0.717, 1.165) is 33.8 Å². The summed E-state index contributed by atoms with van der Waals surface area (Å²) in [5, 5.41) is 9.80. The molecule has 2 aromatic carbocycles. The molecule has 1 atom stereocenters. The molecule has 3 rings (SSSR count). The molecule has 3 N–H and O–H groups in total. The number of aliphatic hydroxyl groups is 1. The van der Waals surface area contributed by atoms with Crippen molar-refractivity contribution in [2.45, 2.75) is 45.8 Å². The minimum Gasteiger partial charge on any atom is -0.493 e. The normalized spacial score (nSPS) is 16.5. The molecule has 134 valence electrons. The van der Waals surface area contributed by atoms with Gasteiger partial charge >= 0.3 is 0 Å². The Bertz CT molecular complexity index is 754. The number of aryl methyl sites for hydroxylation is 2. The average Bonchev–Trinajstić information content (AvgIpc) is 2.88. The van der Waals surface area contributed by atoms with E-state index in [9.17, 15) is 5.11 Å². The standard InChI is InChI=1S/C21H27NO3/c1-13-10-15(24-9-8-21(3,4)23)11-14(2)19(13)17-7-5-6-16-18(22)12-25-20(16)17/h5-7,10-11,18,23H,8-9,12,22H2,1-4H3/t18-/m1/s1. The van der Waals surface area contributed by atoms with E-state index in [0.29, 0.717) is 19.6 Å². The molecule has 1 heterocycles. The van der Waals surface area contributed by atoms with Crippen LogP contribution in [0.15, 0.2) is 30.3 Å². The molecule has 0 amide bonds. The second kappa shape index (κ2) is 6.70. The smallest absolute Gasteiger partial charge is 0.132 e. The lowest BCUT2D eigenvalue weighted by atomic mass is 9.93. The van der Waals surface area contributed by atoms with Gasteiger partial charge in [-0.25, -0.2) is 0 Å². The van der Waals surface area contributed by atoms with E-state index in [2.05, 4.69) is 19.9 Å². The Hall–Kier alpha value is -2.04. The summed E-state index contributed by atoms with van der Waals surface area (Å²) in [6.07, 6.45) is 0.588. The Balaban J connectivity index is 1.90. The second-order valence-electron chi connectivity index (χ2n) is 7.48. The highest BCUT2D eigenvalue weighted by Crippen LogP contribution is 2.42. The zero-order valence-corrected chi connectivity index (χ0v) is 15.4. The lowest BCUT2D eigenvalue weighted by Gasteiger charge is -2.19. The summed E-state index contributed by atoms with van der Waals surface area (Å²) in [4.78, 5) is 0. The Morgan fingerprint density at radius 2 is 1.92 bits per heavy atom. The molecule has 4 nitrogen and oxygen atoms in total. The van der Waals surface area contributed by atoms with E-state index in [1.807, 2.05) is 24.3 Å². The van der Waals surface area contributed by atoms with Gasteiger partial charge in [0.25, 0.3) is 0 Å². The molecule has 0 spiro atoms. The summed E-state index contributed by atoms with van der Waals surface area (Å²) in [7, 11) is 0. The first-order chi connectivity index (χ1) is 11.8. The maximum Gasteiger partial charge on any atom is 0.132 e. The number of ether oxygens (including phenoxy) is 2. The van der Waals surface area contributed by atoms with Crippen molar-refractivity contribution in [1.82, 2.24) is 0 Å². The van der Waals surface area contributed by atoms with Crippen molar-refractivity contribution in [3.63, 3.8) is 0 Å². The van der Waals surface area contributed by atoms with E-state index in [1.165, 1.54) is 5.56 Å². The van der Waals surface area contributed by atoms with E-state index in [4.69, 9.17) is 15.2 Å². The molecule has 4 heteroatoms. The highest BCUT2D eigenvalue weighted by atomic mass is 16.5. The van der Waals surface area contributed by atoms with Crippen molar-refractivity contribution in [3.05, 3.63) is 47.0 Å². The van der Waals surface area contributed by atoms with Gasteiger partial charge in [-0.15, -0.1) is 0 Å². The van der Waals surface area contributed by atoms with Crippen LogP contribution in [0.4, 0.5) is 0 Å². The van der Waals surface area contributed by atoms with Crippen molar-refractivity contribution in [2.24, 2.45) is 5.73 Å². The first-order valence-corrected chi connectivity index (χ1v) is 8.74. The van der Waals surface area contributed by atoms with Crippen LogP contribution >= 0.6 is 0 Å². The van der Waals surface area contributed by atoms with Crippen molar-refractivity contribution in [3.8, 4) is 22.6 Å². The van der Waals surface area contributed by atoms with Crippen LogP contribution in [0.1, 0.15) is 43.0 Å². The molecule has 1 aliphatic heterocycles. The highest BCUT2D eigenvalue weighted by Gasteiger charge is 2.25. The Morgan fingerprint density at radius 1 is 1.24 bits per heavy atom. The number of para-hydroxylation sites is 1. The molecular formula is C21H27NO3. The van der Waals surface area contributed by atoms with Crippen LogP contribution in [-0.4, -0.2) is 23.9 Å². The third-order valence-electron chi connectivity index (χ3n) is 4.61. The van der Waals surface area contributed by atoms with Gasteiger partial charge in [0.05, 0.1) is 18.2 Å². The monoisotopic (exact) mass is 341 g/mol. The number of fused-ring (bicyclic) bond motifs is 1. The first kappa shape index (κ1) is 17.8. The summed E-state index contributed by atoms with van der Waals surface area (Å²) in [5.41, 5.74) is 11.0. The first-order valence-electron chi connectivity index (χ1n) is 8.74. The van der Waals surface area contributed by atoms with E-state index in [1.54, 1.807) is 13.8 Å². The maximum absolute atomic E-state index is 9.80. The predicted molar refractivity (Wildman–Crippen MR) is 100 cm³/mol. The fourth-order valence-corrected chi connectivity index (χ4v) is 3.32. The zero-order valence-electron chi connectivity index (χ0n) is 15.4. The van der Waals surface area contributed by atoms with Crippen molar-refractivity contribution in [2.75, 3.05) is 13.2 Å². The lowest BCUT2D eigenvalue weighted by Crippen LogP contribution is -2.21. The van der Waals surface area contributed by atoms with Gasteiger partial charge in [0.2, 0.25) is 0 Å². The molecule has 0 bridgehead atoms. The van der Waals surface area contributed by atoms with Gasteiger partial charge in [0.15, 0.2) is 0 Å². The van der Waals surface area contributed by atoms with Crippen LogP contribution in [0, 0.1) is 13.8 Å². The van der Waals surface area contributed by atoms with Crippen molar-refractivity contribution >= 4 is 0 Å². The van der Waals surface area contributed by atoms with Gasteiger partial charge in [0.1, 0.15) is 18.1 Å². The Morgan fingerprint density at radius 3 is 2.56 bits per heavy atom. The quantitative estimate of drug-likeness (QED) is 0.865. The lowest BCUT2D eigenvalue weighted by molar-refractivity contribution is 0.0553. The van der Waals surface area contributed by atoms with Gasteiger partial charge in [0, 0.05) is 17.5 Å². The summed E-state index contributed by atoms with van der Waals surface area (Å²) in [5.74, 6) is 1.73. The molecule has 0 saturated heterocycles. The van der Waals surface area contributed by atoms with Crippen LogP contribution in [0.3, 0.4) is 0 Å². The summed E-state index contributed by atoms with van der Waals surface area (Å²) in [6, 6.07) is 10.2. The van der Waals surface area contributed by atoms with E-state index >= 15 is 0 Å². The molecule has 0 radical (unpaired) electrons. The van der Waals surface area contributed by atoms with Crippen LogP contribution in [0.2, 0.25) is 0 Å². The van der Waals surface area contributed by atoms with E-state index in [-0.39, 0.29) is 6.04 Å². The minimum absolute atomic E-state index is 0.0556. The molecule has 2 aromatic rings. The Labute approximate surface area is 149 Å². The largest absolute Gasteiger partial charge is 0.493 e. The predicted octanol–water partition coefficient (Wildman–Crippen LogP) is 3.90. The highest BCUT2D eigenvalue weighted by molar-refractivity contribution is 5.78. The van der Waals surface area contributed by atoms with Crippen molar-refractivity contribution < 1.29 is 14.6 Å². The fraction of sp³-hybridized carbons (Fsp3) is 0.429. The molecular weight excluding hydrogens is 314 g/mol. The third kappa shape index (κ3) is 3.80. The SMILES string of the molecule is Cc1cc(OCCC(C)(C)O)cc(C)c1-c1cccc2c1OC[C@H]2N. The summed E-state index contributed by atoms with van der Waals surface area (Å²) in [6.45, 7) is 8.76. The number of hydrogen-bond acceptors (Lipinski definition) is 4. The number of benzene rings is 2. The number of hydrogen-bond donors (Lipinski definition) is 2. The maximum atomic E-state index is 9.80. The van der Waals surface area contributed by atoms with Crippen LogP contribution < -0.4 is 15.2 Å². The molecule has 0 aromatic heterocycles. The van der Waals surface area contributed by atoms with E-state index < -0.39 is 5.60 Å². The second-order valence-corrected chi connectivity index (χ2v) is 7.48. The number of nitrogens with two attached hydrogens (primary N) is 1. The molecule has 0 unspecified atom stereocenters. The average molecular weight is 341 g/mol. The van der Waals surface area contributed by atoms with Crippen molar-refractivity contribution in [1.29, 1.82) is 0 Å². The molecule has 0 fully saturated rings. The van der Waals surface area contributed by atoms with Crippen LogP contribution in [0.25, 0.3) is 11.1 Å². The van der Waals surface area contributed by atoms with Gasteiger partial charge in [-0.05, 0) is 56.5 Å². The van der Waals surface area contributed by atoms with Gasteiger partial charge in [-0.1, -0.05) is 18.2 Å². The molecule has 0 aliphatic carbocycles. The van der Waals surface area contributed by atoms with Gasteiger partial charge < -0.3 is 20.3 Å². The third-order valence-corrected chi connectivity index (χ3v) is 4.61. The van der Waals surface area contributed by atoms with Crippen LogP contribution in [-0.2, 0) is 0 Å². The molecule has 0 saturated carbocycles. The van der Waals surface area contributed by atoms with Gasteiger partial charge in [-0.2, -0.15) is 0 Å². The zero-order chi connectivity index (χ0) is 18.2. The fourth-order valence-electron chi connectivity index (χ4n) is 3.32. The molecule has 1 aliphatic rings. The summed E-state index contributed by atoms with van der Waals surface area (Å²) >= 11 is 0. The minimum atomic E-state index is -0.718. The molecule has 25 heavy (non-hydrogen) atoms. The van der Waals surface area contributed by atoms with Crippen LogP contribution in [0.5, 0.6) is 11.5 Å².